The van der Waals surface area contributed by atoms with Crippen LogP contribution in [0.3, 0.4) is 0 Å². The van der Waals surface area contributed by atoms with Crippen LogP contribution >= 0.6 is 24.8 Å². The van der Waals surface area contributed by atoms with E-state index in [0.29, 0.717) is 6.54 Å². The minimum Gasteiger partial charge on any atom is -0.358 e. The van der Waals surface area contributed by atoms with Gasteiger partial charge in [0.25, 0.3) is 0 Å². The van der Waals surface area contributed by atoms with Gasteiger partial charge in [-0.05, 0) is 25.7 Å². The smallest absolute Gasteiger partial charge is 0.240 e. The Morgan fingerprint density at radius 2 is 1.70 bits per heavy atom. The second kappa shape index (κ2) is 10.3. The minimum absolute atomic E-state index is 0. The molecular formula is C15H30Cl2N4O2. The third kappa shape index (κ3) is 6.45. The topological polar surface area (TPSA) is 87.5 Å². The van der Waals surface area contributed by atoms with E-state index in [9.17, 15) is 9.59 Å². The van der Waals surface area contributed by atoms with Crippen LogP contribution in [0.2, 0.25) is 0 Å². The SMILES string of the molecule is CNC(=O)CN1CCC(NC(=O)C2(N)CCCCC2)CC1.Cl.Cl. The Morgan fingerprint density at radius 1 is 1.13 bits per heavy atom. The number of nitrogens with one attached hydrogen (secondary N) is 2. The number of piperidine rings is 1. The summed E-state index contributed by atoms with van der Waals surface area (Å²) in [6, 6.07) is 0.195. The van der Waals surface area contributed by atoms with Gasteiger partial charge in [-0.15, -0.1) is 24.8 Å². The number of nitrogens with zero attached hydrogens (tertiary/aromatic N) is 1. The molecule has 0 bridgehead atoms. The summed E-state index contributed by atoms with van der Waals surface area (Å²) in [6.07, 6.45) is 6.66. The molecule has 136 valence electrons. The summed E-state index contributed by atoms with van der Waals surface area (Å²) in [7, 11) is 1.65. The van der Waals surface area contributed by atoms with Crippen LogP contribution in [0.25, 0.3) is 0 Å². The van der Waals surface area contributed by atoms with Crippen molar-refractivity contribution < 1.29 is 9.59 Å². The Balaban J connectivity index is 0.00000242. The first-order valence-corrected chi connectivity index (χ1v) is 8.06. The quantitative estimate of drug-likeness (QED) is 0.685. The molecule has 2 rings (SSSR count). The summed E-state index contributed by atoms with van der Waals surface area (Å²) in [5.41, 5.74) is 5.60. The molecule has 2 amide bonds. The first kappa shape index (κ1) is 22.4. The highest BCUT2D eigenvalue weighted by Gasteiger charge is 2.36. The van der Waals surface area contributed by atoms with Gasteiger partial charge >= 0.3 is 0 Å². The van der Waals surface area contributed by atoms with Crippen molar-refractivity contribution in [3.8, 4) is 0 Å². The van der Waals surface area contributed by atoms with Crippen molar-refractivity contribution in [2.75, 3.05) is 26.7 Å². The molecule has 0 atom stereocenters. The van der Waals surface area contributed by atoms with Crippen LogP contribution in [0.1, 0.15) is 44.9 Å². The third-order valence-electron chi connectivity index (χ3n) is 4.77. The number of likely N-dealkylation sites (N-methyl/N-ethyl adjacent to an activating group) is 1. The lowest BCUT2D eigenvalue weighted by Gasteiger charge is -2.36. The second-order valence-corrected chi connectivity index (χ2v) is 6.41. The molecule has 2 aliphatic rings. The normalized spacial score (nSPS) is 21.5. The molecule has 2 fully saturated rings. The number of hydrogen-bond donors (Lipinski definition) is 3. The van der Waals surface area contributed by atoms with Crippen molar-refractivity contribution in [3.63, 3.8) is 0 Å². The molecule has 8 heteroatoms. The fourth-order valence-corrected chi connectivity index (χ4v) is 3.26. The van der Waals surface area contributed by atoms with Gasteiger partial charge in [0.05, 0.1) is 12.1 Å². The fraction of sp³-hybridized carbons (Fsp3) is 0.867. The highest BCUT2D eigenvalue weighted by Crippen LogP contribution is 2.26. The summed E-state index contributed by atoms with van der Waals surface area (Å²) < 4.78 is 0. The predicted molar refractivity (Wildman–Crippen MR) is 96.2 cm³/mol. The summed E-state index contributed by atoms with van der Waals surface area (Å²) in [5, 5.41) is 5.76. The molecule has 1 saturated carbocycles. The molecule has 6 nitrogen and oxygen atoms in total. The van der Waals surface area contributed by atoms with Crippen LogP contribution in [-0.2, 0) is 9.59 Å². The van der Waals surface area contributed by atoms with Gasteiger partial charge < -0.3 is 16.4 Å². The second-order valence-electron chi connectivity index (χ2n) is 6.41. The largest absolute Gasteiger partial charge is 0.358 e. The number of amides is 2. The van der Waals surface area contributed by atoms with Crippen molar-refractivity contribution in [2.45, 2.75) is 56.5 Å². The molecule has 0 aromatic carbocycles. The summed E-state index contributed by atoms with van der Waals surface area (Å²) >= 11 is 0. The Kier molecular flexibility index (Phi) is 10.1. The molecule has 1 heterocycles. The van der Waals surface area contributed by atoms with Gasteiger partial charge in [0.1, 0.15) is 0 Å². The Hall–Kier alpha value is -0.560. The lowest BCUT2D eigenvalue weighted by Crippen LogP contribution is -2.58. The average Bonchev–Trinajstić information content (AvgIpc) is 2.50. The van der Waals surface area contributed by atoms with E-state index in [1.807, 2.05) is 0 Å². The zero-order chi connectivity index (χ0) is 15.3. The van der Waals surface area contributed by atoms with Crippen LogP contribution in [0.5, 0.6) is 0 Å². The van der Waals surface area contributed by atoms with Crippen LogP contribution in [0, 0.1) is 0 Å². The summed E-state index contributed by atoms with van der Waals surface area (Å²) in [4.78, 5) is 25.9. The van der Waals surface area contributed by atoms with Gasteiger partial charge in [-0.1, -0.05) is 19.3 Å². The van der Waals surface area contributed by atoms with Crippen molar-refractivity contribution in [3.05, 3.63) is 0 Å². The van der Waals surface area contributed by atoms with E-state index >= 15 is 0 Å². The molecule has 1 aliphatic carbocycles. The molecule has 0 aromatic heterocycles. The highest BCUT2D eigenvalue weighted by molar-refractivity contribution is 5.86. The van der Waals surface area contributed by atoms with E-state index in [1.54, 1.807) is 7.05 Å². The Morgan fingerprint density at radius 3 is 2.22 bits per heavy atom. The number of carbonyl (C=O) groups is 2. The lowest BCUT2D eigenvalue weighted by atomic mass is 9.81. The standard InChI is InChI=1S/C15H28N4O2.2ClH/c1-17-13(20)11-19-9-5-12(6-10-19)18-14(21)15(16)7-3-2-4-8-15;;/h12H,2-11,16H2,1H3,(H,17,20)(H,18,21);2*1H. The molecular weight excluding hydrogens is 339 g/mol. The number of halogens is 2. The van der Waals surface area contributed by atoms with Crippen molar-refractivity contribution >= 4 is 36.6 Å². The zero-order valence-corrected chi connectivity index (χ0v) is 15.4. The number of rotatable bonds is 4. The van der Waals surface area contributed by atoms with Gasteiger partial charge in [0.15, 0.2) is 0 Å². The minimum atomic E-state index is -0.655. The summed E-state index contributed by atoms with van der Waals surface area (Å²) in [5.74, 6) is 0.0625. The van der Waals surface area contributed by atoms with E-state index in [2.05, 4.69) is 15.5 Å². The van der Waals surface area contributed by atoms with E-state index in [-0.39, 0.29) is 42.7 Å². The van der Waals surface area contributed by atoms with Crippen LogP contribution in [0.4, 0.5) is 0 Å². The molecule has 0 spiro atoms. The molecule has 1 saturated heterocycles. The highest BCUT2D eigenvalue weighted by atomic mass is 35.5. The third-order valence-corrected chi connectivity index (χ3v) is 4.77. The number of hydrogen-bond acceptors (Lipinski definition) is 4. The summed E-state index contributed by atoms with van der Waals surface area (Å²) in [6.45, 7) is 2.13. The molecule has 23 heavy (non-hydrogen) atoms. The molecule has 0 unspecified atom stereocenters. The van der Waals surface area contributed by atoms with Crippen LogP contribution < -0.4 is 16.4 Å². The van der Waals surface area contributed by atoms with Crippen molar-refractivity contribution in [1.29, 1.82) is 0 Å². The van der Waals surface area contributed by atoms with Crippen molar-refractivity contribution in [1.82, 2.24) is 15.5 Å². The van der Waals surface area contributed by atoms with E-state index in [0.717, 1.165) is 51.6 Å². The Bertz CT molecular complexity index is 382. The first-order chi connectivity index (χ1) is 10.0. The average molecular weight is 369 g/mol. The van der Waals surface area contributed by atoms with E-state index in [4.69, 9.17) is 5.73 Å². The molecule has 0 radical (unpaired) electrons. The van der Waals surface area contributed by atoms with Crippen LogP contribution in [-0.4, -0.2) is 55.0 Å². The zero-order valence-electron chi connectivity index (χ0n) is 13.8. The fourth-order valence-electron chi connectivity index (χ4n) is 3.26. The van der Waals surface area contributed by atoms with E-state index < -0.39 is 5.54 Å². The van der Waals surface area contributed by atoms with Crippen molar-refractivity contribution in [2.24, 2.45) is 5.73 Å². The monoisotopic (exact) mass is 368 g/mol. The number of nitrogens with two attached hydrogens (primary N) is 1. The van der Waals surface area contributed by atoms with Gasteiger partial charge in [-0.3, -0.25) is 14.5 Å². The predicted octanol–water partition coefficient (Wildman–Crippen LogP) is 0.818. The maximum absolute atomic E-state index is 12.4. The van der Waals surface area contributed by atoms with Gasteiger partial charge in [0.2, 0.25) is 11.8 Å². The first-order valence-electron chi connectivity index (χ1n) is 8.06. The maximum Gasteiger partial charge on any atom is 0.240 e. The Labute approximate surface area is 151 Å². The molecule has 4 N–H and O–H groups in total. The maximum atomic E-state index is 12.4. The van der Waals surface area contributed by atoms with Crippen LogP contribution in [0.15, 0.2) is 0 Å². The van der Waals surface area contributed by atoms with Gasteiger partial charge in [-0.2, -0.15) is 0 Å². The molecule has 0 aromatic rings. The molecule has 1 aliphatic heterocycles. The van der Waals surface area contributed by atoms with Gasteiger partial charge in [0, 0.05) is 26.2 Å². The number of carbonyl (C=O) groups excluding carboxylic acids is 2. The number of likely N-dealkylation sites (tertiary alicyclic amines) is 1. The van der Waals surface area contributed by atoms with Gasteiger partial charge in [-0.25, -0.2) is 0 Å². The van der Waals surface area contributed by atoms with E-state index in [1.165, 1.54) is 6.42 Å². The lowest BCUT2D eigenvalue weighted by molar-refractivity contribution is -0.129.